The van der Waals surface area contributed by atoms with Gasteiger partial charge in [0.05, 0.1) is 17.9 Å². The predicted molar refractivity (Wildman–Crippen MR) is 101 cm³/mol. The minimum absolute atomic E-state index is 0. The van der Waals surface area contributed by atoms with E-state index in [0.717, 1.165) is 34.0 Å². The number of benzene rings is 2. The van der Waals surface area contributed by atoms with Crippen molar-refractivity contribution >= 4 is 23.9 Å². The second-order valence-corrected chi connectivity index (χ2v) is 5.97. The van der Waals surface area contributed by atoms with Crippen molar-refractivity contribution in [3.8, 4) is 5.69 Å². The van der Waals surface area contributed by atoms with Crippen molar-refractivity contribution in [2.45, 2.75) is 20.4 Å². The highest BCUT2D eigenvalue weighted by molar-refractivity contribution is 6.16. The Morgan fingerprint density at radius 1 is 1.12 bits per heavy atom. The zero-order chi connectivity index (χ0) is 16.7. The predicted octanol–water partition coefficient (Wildman–Crippen LogP) is 4.16. The topological polar surface area (TPSA) is 47.2 Å². The monoisotopic (exact) mass is 351 g/mol. The van der Waals surface area contributed by atoms with Crippen molar-refractivity contribution in [1.82, 2.24) is 9.55 Å². The van der Waals surface area contributed by atoms with Crippen molar-refractivity contribution in [2.75, 3.05) is 0 Å². The summed E-state index contributed by atoms with van der Waals surface area (Å²) in [6.45, 7) is 4.14. The third kappa shape index (κ3) is 2.89. The summed E-state index contributed by atoms with van der Waals surface area (Å²) in [5.41, 5.74) is 5.69. The van der Waals surface area contributed by atoms with Crippen LogP contribution in [0.3, 0.4) is 0 Å². The summed E-state index contributed by atoms with van der Waals surface area (Å²) < 4.78 is 2.12. The molecule has 5 heteroatoms. The summed E-state index contributed by atoms with van der Waals surface area (Å²) in [6, 6.07) is 15.9. The van der Waals surface area contributed by atoms with E-state index in [0.29, 0.717) is 12.1 Å². The second-order valence-electron chi connectivity index (χ2n) is 5.97. The maximum Gasteiger partial charge on any atom is 0.159 e. The van der Waals surface area contributed by atoms with E-state index in [4.69, 9.17) is 4.99 Å². The lowest BCUT2D eigenvalue weighted by Crippen LogP contribution is -2.09. The number of carbonyl (C=O) groups excluding carboxylic acids is 1. The maximum absolute atomic E-state index is 11.9. The van der Waals surface area contributed by atoms with Crippen molar-refractivity contribution in [2.24, 2.45) is 4.99 Å². The number of Topliss-reactive ketones (excluding diaryl/α,β-unsaturated/α-hetero) is 1. The van der Waals surface area contributed by atoms with Gasteiger partial charge in [0.15, 0.2) is 5.78 Å². The normalized spacial score (nSPS) is 12.3. The molecule has 1 aliphatic heterocycles. The molecule has 0 amide bonds. The number of carbonyl (C=O) groups is 1. The average Bonchev–Trinajstić information content (AvgIpc) is 2.87. The van der Waals surface area contributed by atoms with Crippen LogP contribution in [0.15, 0.2) is 59.7 Å². The minimum Gasteiger partial charge on any atom is -0.299 e. The molecule has 126 valence electrons. The zero-order valence-corrected chi connectivity index (χ0v) is 14.9. The van der Waals surface area contributed by atoms with E-state index in [-0.39, 0.29) is 18.2 Å². The molecule has 2 aromatic carbocycles. The molecule has 0 unspecified atom stereocenters. The smallest absolute Gasteiger partial charge is 0.159 e. The molecule has 4 nitrogen and oxygen atoms in total. The molecule has 0 bridgehead atoms. The largest absolute Gasteiger partial charge is 0.299 e. The summed E-state index contributed by atoms with van der Waals surface area (Å²) in [5.74, 6) is 0.965. The van der Waals surface area contributed by atoms with Crippen LogP contribution in [0.5, 0.6) is 0 Å². The number of hydrogen-bond acceptors (Lipinski definition) is 3. The highest BCUT2D eigenvalue weighted by Gasteiger charge is 2.21. The Balaban J connectivity index is 0.00000182. The molecule has 0 N–H and O–H groups in total. The van der Waals surface area contributed by atoms with Crippen molar-refractivity contribution in [3.63, 3.8) is 0 Å². The van der Waals surface area contributed by atoms with E-state index in [1.54, 1.807) is 6.92 Å². The highest BCUT2D eigenvalue weighted by atomic mass is 35.5. The van der Waals surface area contributed by atoms with Crippen LogP contribution < -0.4 is 0 Å². The molecule has 1 aliphatic rings. The third-order valence-electron chi connectivity index (χ3n) is 4.34. The number of fused-ring (bicyclic) bond motifs is 3. The van der Waals surface area contributed by atoms with Crippen molar-refractivity contribution in [1.29, 1.82) is 0 Å². The van der Waals surface area contributed by atoms with Gasteiger partial charge >= 0.3 is 0 Å². The van der Waals surface area contributed by atoms with Crippen molar-refractivity contribution in [3.05, 3.63) is 82.9 Å². The lowest BCUT2D eigenvalue weighted by Gasteiger charge is -2.14. The molecule has 2 heterocycles. The molecule has 4 rings (SSSR count). The first-order valence-corrected chi connectivity index (χ1v) is 7.94. The maximum atomic E-state index is 11.9. The molecule has 0 spiro atoms. The second kappa shape index (κ2) is 6.65. The van der Waals surface area contributed by atoms with Gasteiger partial charge in [-0.05, 0) is 32.0 Å². The molecule has 0 radical (unpaired) electrons. The Morgan fingerprint density at radius 3 is 2.60 bits per heavy atom. The van der Waals surface area contributed by atoms with Gasteiger partial charge in [-0.25, -0.2) is 4.98 Å². The molecule has 1 aromatic heterocycles. The molecule has 0 saturated heterocycles. The lowest BCUT2D eigenvalue weighted by molar-refractivity contribution is 0.101. The van der Waals surface area contributed by atoms with Gasteiger partial charge in [0.1, 0.15) is 5.82 Å². The Hall–Kier alpha value is -2.72. The number of aryl methyl sites for hydroxylation is 1. The first-order chi connectivity index (χ1) is 11.6. The number of aromatic nitrogens is 2. The van der Waals surface area contributed by atoms with Crippen LogP contribution in [-0.2, 0) is 6.54 Å². The minimum atomic E-state index is 0. The fraction of sp³-hybridized carbons (Fsp3) is 0.150. The van der Waals surface area contributed by atoms with E-state index < -0.39 is 0 Å². The molecular formula is C20H18ClN3O. The molecule has 0 fully saturated rings. The first kappa shape index (κ1) is 17.1. The van der Waals surface area contributed by atoms with E-state index >= 15 is 0 Å². The van der Waals surface area contributed by atoms with Gasteiger partial charge in [-0.1, -0.05) is 30.3 Å². The summed E-state index contributed by atoms with van der Waals surface area (Å²) in [7, 11) is 0. The number of rotatable bonds is 2. The Labute approximate surface area is 152 Å². The lowest BCUT2D eigenvalue weighted by atomic mass is 9.97. The number of hydrogen-bond donors (Lipinski definition) is 0. The molecule has 3 aromatic rings. The molecule has 25 heavy (non-hydrogen) atoms. The van der Waals surface area contributed by atoms with Gasteiger partial charge in [0.25, 0.3) is 0 Å². The summed E-state index contributed by atoms with van der Waals surface area (Å²) >= 11 is 0. The zero-order valence-electron chi connectivity index (χ0n) is 14.1. The number of nitrogens with zero attached hydrogens (tertiary/aromatic N) is 3. The Morgan fingerprint density at radius 2 is 1.88 bits per heavy atom. The number of imidazole rings is 1. The highest BCUT2D eigenvalue weighted by Crippen LogP contribution is 2.27. The summed E-state index contributed by atoms with van der Waals surface area (Å²) in [5, 5.41) is 0. The van der Waals surface area contributed by atoms with E-state index in [2.05, 4.69) is 9.55 Å². The van der Waals surface area contributed by atoms with Crippen LogP contribution in [0.25, 0.3) is 5.69 Å². The van der Waals surface area contributed by atoms with Crippen LogP contribution in [0, 0.1) is 6.92 Å². The van der Waals surface area contributed by atoms with Gasteiger partial charge in [-0.2, -0.15) is 0 Å². The Kier molecular flexibility index (Phi) is 4.55. The van der Waals surface area contributed by atoms with Crippen LogP contribution in [0.2, 0.25) is 0 Å². The van der Waals surface area contributed by atoms with Crippen LogP contribution in [0.4, 0.5) is 0 Å². The van der Waals surface area contributed by atoms with Gasteiger partial charge in [-0.3, -0.25) is 14.4 Å². The van der Waals surface area contributed by atoms with E-state index in [9.17, 15) is 4.79 Å². The SMILES string of the molecule is CC(=O)c1ccc2c(c1)C(c1ccccc1)=NCc1ncc(C)n1-2.Cl. The number of halogens is 1. The van der Waals surface area contributed by atoms with Crippen LogP contribution in [0.1, 0.15) is 39.9 Å². The van der Waals surface area contributed by atoms with Gasteiger partial charge in [0, 0.05) is 28.6 Å². The van der Waals surface area contributed by atoms with Crippen molar-refractivity contribution < 1.29 is 4.79 Å². The molecule has 0 aliphatic carbocycles. The average molecular weight is 352 g/mol. The number of aliphatic imine (C=N–C) groups is 1. The van der Waals surface area contributed by atoms with Crippen LogP contribution >= 0.6 is 12.4 Å². The van der Waals surface area contributed by atoms with Gasteiger partial charge in [-0.15, -0.1) is 12.4 Å². The summed E-state index contributed by atoms with van der Waals surface area (Å²) in [6.07, 6.45) is 1.86. The molecular weight excluding hydrogens is 334 g/mol. The van der Waals surface area contributed by atoms with Gasteiger partial charge in [0.2, 0.25) is 0 Å². The quantitative estimate of drug-likeness (QED) is 0.651. The fourth-order valence-electron chi connectivity index (χ4n) is 3.14. The van der Waals surface area contributed by atoms with E-state index in [1.165, 1.54) is 0 Å². The first-order valence-electron chi connectivity index (χ1n) is 7.94. The molecule has 0 atom stereocenters. The van der Waals surface area contributed by atoms with E-state index in [1.807, 2.05) is 61.7 Å². The molecule has 0 saturated carbocycles. The Bertz CT molecular complexity index is 974. The third-order valence-corrected chi connectivity index (χ3v) is 4.34. The summed E-state index contributed by atoms with van der Waals surface area (Å²) in [4.78, 5) is 21.2. The number of ketones is 1. The van der Waals surface area contributed by atoms with Crippen LogP contribution in [-0.4, -0.2) is 21.0 Å². The standard InChI is InChI=1S/C20H17N3O.ClH/c1-13-11-21-19-12-22-20(15-6-4-3-5-7-15)17-10-16(14(2)24)8-9-18(17)23(13)19;/h3-11H,12H2,1-2H3;1H. The fourth-order valence-corrected chi connectivity index (χ4v) is 3.14. The van der Waals surface area contributed by atoms with Gasteiger partial charge < -0.3 is 0 Å².